The van der Waals surface area contributed by atoms with E-state index in [1.165, 1.54) is 0 Å². The maximum Gasteiger partial charge on any atom is 0.0976 e. The molecule has 0 unspecified atom stereocenters. The molecule has 0 fully saturated rings. The predicted octanol–water partition coefficient (Wildman–Crippen LogP) is 2.84. The first-order valence-electron chi connectivity index (χ1n) is 6.21. The third-order valence-electron chi connectivity index (χ3n) is 3.09. The number of halogens is 1. The quantitative estimate of drug-likeness (QED) is 0.904. The first kappa shape index (κ1) is 14.2. The fourth-order valence-electron chi connectivity index (χ4n) is 2.08. The smallest absolute Gasteiger partial charge is 0.0976 e. The highest BCUT2D eigenvalue weighted by atomic mass is 79.9. The molecule has 1 aliphatic heterocycles. The average Bonchev–Trinajstić information content (AvgIpc) is 2.54. The monoisotopic (exact) mass is 333 g/mol. The van der Waals surface area contributed by atoms with Crippen LogP contribution in [0.4, 0.5) is 0 Å². The maximum atomic E-state index is 12.2. The summed E-state index contributed by atoms with van der Waals surface area (Å²) in [6.07, 6.45) is 2.07. The number of hydrogen-bond donors (Lipinski definition) is 1. The van der Waals surface area contributed by atoms with Crippen molar-refractivity contribution in [2.24, 2.45) is 0 Å². The van der Waals surface area contributed by atoms with E-state index in [2.05, 4.69) is 25.8 Å². The van der Waals surface area contributed by atoms with E-state index in [4.69, 9.17) is 0 Å². The van der Waals surface area contributed by atoms with E-state index in [1.807, 2.05) is 32.4 Å². The van der Waals surface area contributed by atoms with Crippen LogP contribution in [0.25, 0.3) is 0 Å². The fraction of sp³-hybridized carbons (Fsp3) is 0.750. The topological polar surface area (TPSA) is 46.9 Å². The summed E-state index contributed by atoms with van der Waals surface area (Å²) in [6.45, 7) is 8.89. The molecule has 4 nitrogen and oxygen atoms in total. The molecule has 18 heavy (non-hydrogen) atoms. The normalized spacial score (nSPS) is 21.7. The molecule has 0 aromatic carbocycles. The van der Waals surface area contributed by atoms with Crippen LogP contribution in [0.15, 0.2) is 4.47 Å². The molecule has 0 spiro atoms. The van der Waals surface area contributed by atoms with Crippen molar-refractivity contribution in [3.05, 3.63) is 15.9 Å². The van der Waals surface area contributed by atoms with Crippen LogP contribution in [0.5, 0.6) is 0 Å². The van der Waals surface area contributed by atoms with Crippen molar-refractivity contribution in [2.45, 2.75) is 57.9 Å². The summed E-state index contributed by atoms with van der Waals surface area (Å²) in [7, 11) is -1.05. The molecule has 1 aromatic heterocycles. The van der Waals surface area contributed by atoms with Crippen molar-refractivity contribution >= 4 is 26.9 Å². The Morgan fingerprint density at radius 1 is 1.50 bits per heavy atom. The van der Waals surface area contributed by atoms with Crippen LogP contribution >= 0.6 is 15.9 Å². The van der Waals surface area contributed by atoms with E-state index < -0.39 is 11.0 Å². The highest BCUT2D eigenvalue weighted by Gasteiger charge is 2.30. The lowest BCUT2D eigenvalue weighted by molar-refractivity contribution is 0.409. The Balaban J connectivity index is 2.25. The van der Waals surface area contributed by atoms with Gasteiger partial charge in [0.2, 0.25) is 0 Å². The summed E-state index contributed by atoms with van der Waals surface area (Å²) in [5, 5.41) is 4.50. The van der Waals surface area contributed by atoms with Crippen molar-refractivity contribution < 1.29 is 4.21 Å². The summed E-state index contributed by atoms with van der Waals surface area (Å²) >= 11 is 3.59. The second-order valence-electron chi connectivity index (χ2n) is 5.70. The van der Waals surface area contributed by atoms with Gasteiger partial charge in [0.15, 0.2) is 0 Å². The fourth-order valence-corrected chi connectivity index (χ4v) is 3.49. The lowest BCUT2D eigenvalue weighted by Gasteiger charge is -2.28. The third-order valence-corrected chi connectivity index (χ3v) is 5.68. The number of hydrogen-bond acceptors (Lipinski definition) is 2. The van der Waals surface area contributed by atoms with Crippen molar-refractivity contribution in [3.8, 4) is 0 Å². The first-order valence-corrected chi connectivity index (χ1v) is 8.16. The molecule has 1 N–H and O–H groups in total. The van der Waals surface area contributed by atoms with Gasteiger partial charge in [-0.3, -0.25) is 4.68 Å². The molecule has 6 heteroatoms. The van der Waals surface area contributed by atoms with Crippen LogP contribution in [0.1, 0.15) is 51.0 Å². The van der Waals surface area contributed by atoms with Gasteiger partial charge in [-0.1, -0.05) is 0 Å². The van der Waals surface area contributed by atoms with Crippen molar-refractivity contribution in [3.63, 3.8) is 0 Å². The van der Waals surface area contributed by atoms with Gasteiger partial charge in [0.1, 0.15) is 0 Å². The zero-order chi connectivity index (χ0) is 13.5. The predicted molar refractivity (Wildman–Crippen MR) is 77.7 cm³/mol. The summed E-state index contributed by atoms with van der Waals surface area (Å²) in [6, 6.07) is 0.120. The summed E-state index contributed by atoms with van der Waals surface area (Å²) in [5.74, 6) is 0. The van der Waals surface area contributed by atoms with Crippen LogP contribution in [0.2, 0.25) is 0 Å². The Hall–Kier alpha value is -0.200. The minimum Gasteiger partial charge on any atom is -0.267 e. The molecule has 0 amide bonds. The first-order chi connectivity index (χ1) is 8.30. The molecule has 1 aromatic rings. The molecule has 102 valence electrons. The van der Waals surface area contributed by atoms with Crippen molar-refractivity contribution in [2.75, 3.05) is 0 Å². The third kappa shape index (κ3) is 2.70. The van der Waals surface area contributed by atoms with E-state index >= 15 is 0 Å². The van der Waals surface area contributed by atoms with Gasteiger partial charge in [-0.15, -0.1) is 0 Å². The molecular formula is C12H20BrN3OS. The van der Waals surface area contributed by atoms with Crippen LogP contribution in [0, 0.1) is 6.92 Å². The van der Waals surface area contributed by atoms with E-state index in [0.717, 1.165) is 35.2 Å². The standard InChI is InChI=1S/C12H20BrN3OS/c1-8-10(13)11-9(6-5-7-16(11)14-8)15-18(17)12(2,3)4/h9,15H,5-7H2,1-4H3/t9-,18+/m0/s1. The van der Waals surface area contributed by atoms with Gasteiger partial charge in [-0.2, -0.15) is 5.10 Å². The number of aromatic nitrogens is 2. The highest BCUT2D eigenvalue weighted by Crippen LogP contribution is 2.33. The van der Waals surface area contributed by atoms with Gasteiger partial charge < -0.3 is 0 Å². The van der Waals surface area contributed by atoms with Gasteiger partial charge in [0, 0.05) is 6.54 Å². The molecule has 0 saturated heterocycles. The number of nitrogens with one attached hydrogen (secondary N) is 1. The lowest BCUT2D eigenvalue weighted by atomic mass is 10.1. The van der Waals surface area contributed by atoms with Crippen LogP contribution in [-0.4, -0.2) is 18.7 Å². The average molecular weight is 334 g/mol. The second kappa shape index (κ2) is 5.06. The van der Waals surface area contributed by atoms with Gasteiger partial charge in [-0.25, -0.2) is 8.93 Å². The van der Waals surface area contributed by atoms with E-state index in [9.17, 15) is 4.21 Å². The summed E-state index contributed by atoms with van der Waals surface area (Å²) in [4.78, 5) is 0. The Morgan fingerprint density at radius 3 is 2.78 bits per heavy atom. The molecule has 0 saturated carbocycles. The number of aryl methyl sites for hydroxylation is 2. The SMILES string of the molecule is Cc1nn2c(c1Br)[C@@H](N[S@](=O)C(C)(C)C)CCC2. The van der Waals surface area contributed by atoms with E-state index in [-0.39, 0.29) is 10.8 Å². The summed E-state index contributed by atoms with van der Waals surface area (Å²) in [5.41, 5.74) is 2.14. The van der Waals surface area contributed by atoms with Crippen LogP contribution < -0.4 is 4.72 Å². The Labute approximate surface area is 119 Å². The van der Waals surface area contributed by atoms with Crippen LogP contribution in [-0.2, 0) is 17.5 Å². The van der Waals surface area contributed by atoms with E-state index in [1.54, 1.807) is 0 Å². The molecule has 2 rings (SSSR count). The molecule has 0 radical (unpaired) electrons. The zero-order valence-corrected chi connectivity index (χ0v) is 13.7. The molecule has 2 atom stereocenters. The van der Waals surface area contributed by atoms with Gasteiger partial charge in [0.25, 0.3) is 0 Å². The molecule has 0 aliphatic carbocycles. The van der Waals surface area contributed by atoms with Gasteiger partial charge in [-0.05, 0) is 56.5 Å². The van der Waals surface area contributed by atoms with Crippen molar-refractivity contribution in [1.29, 1.82) is 0 Å². The zero-order valence-electron chi connectivity index (χ0n) is 11.3. The number of rotatable bonds is 2. The molecular weight excluding hydrogens is 314 g/mol. The molecule has 1 aliphatic rings. The minimum absolute atomic E-state index is 0.120. The molecule has 0 bridgehead atoms. The minimum atomic E-state index is -1.05. The largest absolute Gasteiger partial charge is 0.267 e. The highest BCUT2D eigenvalue weighted by molar-refractivity contribution is 9.10. The van der Waals surface area contributed by atoms with Gasteiger partial charge >= 0.3 is 0 Å². The van der Waals surface area contributed by atoms with E-state index in [0.29, 0.717) is 0 Å². The molecule has 2 heterocycles. The van der Waals surface area contributed by atoms with Gasteiger partial charge in [0.05, 0.1) is 37.6 Å². The Morgan fingerprint density at radius 2 is 2.17 bits per heavy atom. The Kier molecular flexibility index (Phi) is 3.99. The van der Waals surface area contributed by atoms with Crippen molar-refractivity contribution in [1.82, 2.24) is 14.5 Å². The maximum absolute atomic E-state index is 12.2. The number of fused-ring (bicyclic) bond motifs is 1. The second-order valence-corrected chi connectivity index (χ2v) is 8.49. The number of nitrogens with zero attached hydrogens (tertiary/aromatic N) is 2. The lowest BCUT2D eigenvalue weighted by Crippen LogP contribution is -2.37. The van der Waals surface area contributed by atoms with Crippen LogP contribution in [0.3, 0.4) is 0 Å². The Bertz CT molecular complexity index is 478. The summed E-state index contributed by atoms with van der Waals surface area (Å²) < 4.78 is 18.3.